The van der Waals surface area contributed by atoms with Crippen LogP contribution in [0.4, 0.5) is 5.69 Å². The number of allylic oxidation sites excluding steroid dienone is 1. The Morgan fingerprint density at radius 3 is 2.48 bits per heavy atom. The Kier molecular flexibility index (Phi) is 3.87. The van der Waals surface area contributed by atoms with Gasteiger partial charge in [-0.1, -0.05) is 43.7 Å². The molecule has 1 spiro atoms. The van der Waals surface area contributed by atoms with Crippen LogP contribution in [0, 0.1) is 30.1 Å². The van der Waals surface area contributed by atoms with E-state index in [-0.39, 0.29) is 5.54 Å². The van der Waals surface area contributed by atoms with E-state index in [1.807, 2.05) is 0 Å². The zero-order chi connectivity index (χ0) is 18.0. The van der Waals surface area contributed by atoms with E-state index in [0.717, 1.165) is 17.8 Å². The summed E-state index contributed by atoms with van der Waals surface area (Å²) in [6.07, 6.45) is 8.13. The number of anilines is 1. The second-order valence-electron chi connectivity index (χ2n) is 10.0. The van der Waals surface area contributed by atoms with Gasteiger partial charge < -0.3 is 4.90 Å². The van der Waals surface area contributed by atoms with Crippen LogP contribution >= 0.6 is 0 Å². The molecule has 2 aliphatic carbocycles. The molecule has 0 N–H and O–H groups in total. The van der Waals surface area contributed by atoms with Crippen LogP contribution in [0.15, 0.2) is 35.9 Å². The van der Waals surface area contributed by atoms with Gasteiger partial charge in [-0.3, -0.25) is 0 Å². The smallest absolute Gasteiger partial charge is 0.0403 e. The van der Waals surface area contributed by atoms with Crippen molar-refractivity contribution in [3.8, 4) is 0 Å². The number of hydrogen-bond donors (Lipinski definition) is 0. The van der Waals surface area contributed by atoms with Crippen LogP contribution in [-0.2, 0) is 0 Å². The summed E-state index contributed by atoms with van der Waals surface area (Å²) in [5.74, 6) is 2.48. The Bertz CT molecular complexity index is 700. The van der Waals surface area contributed by atoms with E-state index in [1.165, 1.54) is 36.9 Å². The average Bonchev–Trinajstić information content (AvgIpc) is 2.74. The van der Waals surface area contributed by atoms with E-state index >= 15 is 0 Å². The van der Waals surface area contributed by atoms with Crippen molar-refractivity contribution in [3.63, 3.8) is 0 Å². The summed E-state index contributed by atoms with van der Waals surface area (Å²) in [6, 6.07) is 9.57. The maximum absolute atomic E-state index is 2.76. The van der Waals surface area contributed by atoms with Crippen molar-refractivity contribution >= 4 is 5.69 Å². The van der Waals surface area contributed by atoms with Gasteiger partial charge in [-0.15, -0.1) is 0 Å². The first-order valence-electron chi connectivity index (χ1n) is 10.3. The van der Waals surface area contributed by atoms with Crippen molar-refractivity contribution in [1.29, 1.82) is 0 Å². The second-order valence-corrected chi connectivity index (χ2v) is 10.0. The number of benzene rings is 1. The third-order valence-corrected chi connectivity index (χ3v) is 7.62. The topological polar surface area (TPSA) is 3.24 Å². The first-order valence-corrected chi connectivity index (χ1v) is 10.3. The molecule has 1 saturated heterocycles. The van der Waals surface area contributed by atoms with Crippen LogP contribution in [0.25, 0.3) is 0 Å². The second kappa shape index (κ2) is 5.63. The molecular weight excluding hydrogens is 302 g/mol. The van der Waals surface area contributed by atoms with Crippen molar-refractivity contribution in [2.75, 3.05) is 4.90 Å². The van der Waals surface area contributed by atoms with Gasteiger partial charge in [0.15, 0.2) is 0 Å². The molecule has 1 aromatic carbocycles. The highest BCUT2D eigenvalue weighted by Gasteiger charge is 2.63. The number of hydrogen-bond acceptors (Lipinski definition) is 1. The number of rotatable bonds is 1. The molecule has 1 saturated carbocycles. The molecule has 0 aromatic heterocycles. The molecule has 2 bridgehead atoms. The molecule has 136 valence electrons. The highest BCUT2D eigenvalue weighted by Crippen LogP contribution is 2.67. The van der Waals surface area contributed by atoms with Crippen LogP contribution in [-0.4, -0.2) is 11.6 Å². The van der Waals surface area contributed by atoms with Crippen molar-refractivity contribution in [1.82, 2.24) is 0 Å². The fourth-order valence-corrected chi connectivity index (χ4v) is 6.85. The fourth-order valence-electron chi connectivity index (χ4n) is 6.85. The van der Waals surface area contributed by atoms with Gasteiger partial charge in [-0.25, -0.2) is 0 Å². The lowest BCUT2D eigenvalue weighted by molar-refractivity contribution is 0.0709. The normalized spacial score (nSPS) is 41.7. The highest BCUT2D eigenvalue weighted by atomic mass is 15.3. The predicted octanol–water partition coefficient (Wildman–Crippen LogP) is 6.37. The highest BCUT2D eigenvalue weighted by molar-refractivity contribution is 5.59. The number of para-hydroxylation sites is 1. The van der Waals surface area contributed by atoms with Crippen molar-refractivity contribution in [2.24, 2.45) is 23.2 Å². The van der Waals surface area contributed by atoms with E-state index in [2.05, 4.69) is 76.8 Å². The summed E-state index contributed by atoms with van der Waals surface area (Å²) in [5.41, 5.74) is 5.27. The molecule has 4 rings (SSSR count). The van der Waals surface area contributed by atoms with Gasteiger partial charge in [0.25, 0.3) is 0 Å². The zero-order valence-electron chi connectivity index (χ0n) is 17.0. The van der Waals surface area contributed by atoms with Gasteiger partial charge in [-0.05, 0) is 82.8 Å². The van der Waals surface area contributed by atoms with Crippen LogP contribution < -0.4 is 4.90 Å². The Labute approximate surface area is 154 Å². The Hall–Kier alpha value is -1.24. The molecule has 5 atom stereocenters. The first kappa shape index (κ1) is 17.2. The monoisotopic (exact) mass is 337 g/mol. The lowest BCUT2D eigenvalue weighted by Gasteiger charge is -2.56. The van der Waals surface area contributed by atoms with E-state index in [1.54, 1.807) is 5.57 Å². The van der Waals surface area contributed by atoms with Crippen molar-refractivity contribution in [3.05, 3.63) is 41.5 Å². The maximum Gasteiger partial charge on any atom is 0.0403 e. The predicted molar refractivity (Wildman–Crippen MR) is 108 cm³/mol. The van der Waals surface area contributed by atoms with E-state index in [9.17, 15) is 0 Å². The number of nitrogens with zero attached hydrogens (tertiary/aromatic N) is 1. The summed E-state index contributed by atoms with van der Waals surface area (Å²) in [6.45, 7) is 14.6. The molecule has 4 unspecified atom stereocenters. The maximum atomic E-state index is 2.76. The quantitative estimate of drug-likeness (QED) is 0.538. The minimum Gasteiger partial charge on any atom is -0.363 e. The average molecular weight is 338 g/mol. The van der Waals surface area contributed by atoms with E-state index in [4.69, 9.17) is 0 Å². The summed E-state index contributed by atoms with van der Waals surface area (Å²) in [5, 5.41) is 0. The molecule has 3 aliphatic rings. The largest absolute Gasteiger partial charge is 0.363 e. The molecule has 1 heteroatoms. The van der Waals surface area contributed by atoms with Crippen molar-refractivity contribution in [2.45, 2.75) is 78.8 Å². The van der Waals surface area contributed by atoms with Crippen LogP contribution in [0.2, 0.25) is 0 Å². The standard InChI is InChI=1S/C24H35N/c1-16-11-17(2)13-21-14-20(12-16)24(21)15-23(5,6)25(19(24)4)22-10-8-7-9-18(22)3/h7-10,12,16-17,19,21H,11,13-15H2,1-6H3/b20-12+/t16?,17?,19-,21?,24?/m0/s1. The van der Waals surface area contributed by atoms with Crippen molar-refractivity contribution < 1.29 is 0 Å². The summed E-state index contributed by atoms with van der Waals surface area (Å²) < 4.78 is 0. The summed E-state index contributed by atoms with van der Waals surface area (Å²) in [7, 11) is 0. The first-order chi connectivity index (χ1) is 11.8. The van der Waals surface area contributed by atoms with Gasteiger partial charge in [0.2, 0.25) is 0 Å². The molecule has 2 fully saturated rings. The third kappa shape index (κ3) is 2.41. The van der Waals surface area contributed by atoms with Crippen LogP contribution in [0.3, 0.4) is 0 Å². The fraction of sp³-hybridized carbons (Fsp3) is 0.667. The molecular formula is C24H35N. The Balaban J connectivity index is 1.79. The zero-order valence-corrected chi connectivity index (χ0v) is 17.0. The van der Waals surface area contributed by atoms with E-state index in [0.29, 0.717) is 11.5 Å². The SMILES string of the molecule is Cc1ccccc1N1[C@@H](C)C2(CC1(C)C)/C1=C/C(C)CC(C)CC2C1. The minimum atomic E-state index is 0.217. The summed E-state index contributed by atoms with van der Waals surface area (Å²) in [4.78, 5) is 2.76. The van der Waals surface area contributed by atoms with Gasteiger partial charge >= 0.3 is 0 Å². The van der Waals surface area contributed by atoms with Gasteiger partial charge in [0.1, 0.15) is 0 Å². The lowest BCUT2D eigenvalue weighted by Crippen LogP contribution is -2.52. The van der Waals surface area contributed by atoms with Gasteiger partial charge in [-0.2, -0.15) is 0 Å². The molecule has 0 radical (unpaired) electrons. The van der Waals surface area contributed by atoms with E-state index < -0.39 is 0 Å². The van der Waals surface area contributed by atoms with Crippen LogP contribution in [0.5, 0.6) is 0 Å². The molecule has 1 aromatic rings. The number of aryl methyl sites for hydroxylation is 1. The molecule has 1 aliphatic heterocycles. The third-order valence-electron chi connectivity index (χ3n) is 7.62. The molecule has 1 heterocycles. The van der Waals surface area contributed by atoms with Gasteiger partial charge in [0.05, 0.1) is 0 Å². The Morgan fingerprint density at radius 1 is 1.04 bits per heavy atom. The molecule has 1 nitrogen and oxygen atoms in total. The summed E-state index contributed by atoms with van der Waals surface area (Å²) >= 11 is 0. The van der Waals surface area contributed by atoms with Gasteiger partial charge in [0, 0.05) is 22.7 Å². The Morgan fingerprint density at radius 2 is 1.76 bits per heavy atom. The minimum absolute atomic E-state index is 0.217. The molecule has 25 heavy (non-hydrogen) atoms. The lowest BCUT2D eigenvalue weighted by atomic mass is 9.49. The molecule has 0 amide bonds. The van der Waals surface area contributed by atoms with Crippen LogP contribution in [0.1, 0.15) is 65.9 Å².